The average Bonchev–Trinajstić information content (AvgIpc) is 2.38. The molecule has 0 spiro atoms. The molecule has 0 bridgehead atoms. The number of hydrogen-bond donors (Lipinski definition) is 1. The number of hydrogen-bond acceptors (Lipinski definition) is 4. The van der Waals surface area contributed by atoms with Gasteiger partial charge in [0, 0.05) is 12.7 Å². The van der Waals surface area contributed by atoms with Crippen LogP contribution < -0.4 is 5.32 Å². The number of rotatable bonds is 6. The highest BCUT2D eigenvalue weighted by Crippen LogP contribution is 2.19. The van der Waals surface area contributed by atoms with Crippen molar-refractivity contribution in [2.75, 3.05) is 13.2 Å². The number of nitrogens with one attached hydrogen (secondary N) is 1. The van der Waals surface area contributed by atoms with Crippen LogP contribution in [0, 0.1) is 5.92 Å². The zero-order valence-electron chi connectivity index (χ0n) is 11.3. The standard InChI is InChI=1S/C13H16Cl2N2O3/c1-8(2)3-4-16-11(18)7-20-13(19)9-5-10(14)12(15)17-6-9/h5-6,8H,3-4,7H2,1-2H3,(H,16,18). The molecule has 1 aromatic rings. The molecule has 5 nitrogen and oxygen atoms in total. The van der Waals surface area contributed by atoms with Crippen LogP contribution in [0.4, 0.5) is 0 Å². The van der Waals surface area contributed by atoms with Gasteiger partial charge in [0.1, 0.15) is 5.15 Å². The lowest BCUT2D eigenvalue weighted by Crippen LogP contribution is -2.30. The van der Waals surface area contributed by atoms with Crippen LogP contribution in [0.5, 0.6) is 0 Å². The predicted octanol–water partition coefficient (Wildman–Crippen LogP) is 2.71. The zero-order chi connectivity index (χ0) is 15.1. The lowest BCUT2D eigenvalue weighted by Gasteiger charge is -2.08. The minimum absolute atomic E-state index is 0.106. The first kappa shape index (κ1) is 16.7. The topological polar surface area (TPSA) is 68.3 Å². The van der Waals surface area contributed by atoms with Gasteiger partial charge in [-0.1, -0.05) is 37.0 Å². The minimum atomic E-state index is -0.671. The Kier molecular flexibility index (Phi) is 6.75. The highest BCUT2D eigenvalue weighted by Gasteiger charge is 2.12. The maximum absolute atomic E-state index is 11.7. The van der Waals surface area contributed by atoms with E-state index in [9.17, 15) is 9.59 Å². The molecule has 0 unspecified atom stereocenters. The van der Waals surface area contributed by atoms with Crippen molar-refractivity contribution < 1.29 is 14.3 Å². The number of halogens is 2. The third-order valence-electron chi connectivity index (χ3n) is 2.41. The molecular weight excluding hydrogens is 303 g/mol. The van der Waals surface area contributed by atoms with Crippen LogP contribution in [0.15, 0.2) is 12.3 Å². The third kappa shape index (κ3) is 5.75. The van der Waals surface area contributed by atoms with Crippen molar-refractivity contribution in [1.29, 1.82) is 0 Å². The van der Waals surface area contributed by atoms with Gasteiger partial charge in [-0.3, -0.25) is 4.79 Å². The largest absolute Gasteiger partial charge is 0.452 e. The Bertz CT molecular complexity index is 493. The van der Waals surface area contributed by atoms with Crippen LogP contribution in [0.1, 0.15) is 30.6 Å². The Balaban J connectivity index is 2.39. The van der Waals surface area contributed by atoms with Gasteiger partial charge in [-0.2, -0.15) is 0 Å². The first-order chi connectivity index (χ1) is 9.40. The van der Waals surface area contributed by atoms with Gasteiger partial charge in [-0.15, -0.1) is 0 Å². The molecule has 7 heteroatoms. The SMILES string of the molecule is CC(C)CCNC(=O)COC(=O)c1cnc(Cl)c(Cl)c1. The van der Waals surface area contributed by atoms with E-state index < -0.39 is 5.97 Å². The van der Waals surface area contributed by atoms with Gasteiger partial charge in [0.15, 0.2) is 6.61 Å². The summed E-state index contributed by atoms with van der Waals surface area (Å²) in [4.78, 5) is 26.8. The van der Waals surface area contributed by atoms with Crippen molar-refractivity contribution in [3.05, 3.63) is 28.0 Å². The summed E-state index contributed by atoms with van der Waals surface area (Å²) >= 11 is 11.4. The van der Waals surface area contributed by atoms with Crippen LogP contribution in [0.25, 0.3) is 0 Å². The van der Waals surface area contributed by atoms with E-state index in [1.807, 2.05) is 0 Å². The smallest absolute Gasteiger partial charge is 0.340 e. The summed E-state index contributed by atoms with van der Waals surface area (Å²) in [7, 11) is 0. The highest BCUT2D eigenvalue weighted by molar-refractivity contribution is 6.41. The van der Waals surface area contributed by atoms with Crippen LogP contribution in [-0.4, -0.2) is 30.0 Å². The molecule has 0 atom stereocenters. The molecule has 1 rings (SSSR count). The second-order valence-electron chi connectivity index (χ2n) is 4.61. The summed E-state index contributed by atoms with van der Waals surface area (Å²) in [5, 5.41) is 2.92. The fourth-order valence-electron chi connectivity index (χ4n) is 1.30. The maximum atomic E-state index is 11.7. The Hall–Kier alpha value is -1.33. The summed E-state index contributed by atoms with van der Waals surface area (Å²) in [5.41, 5.74) is 0.148. The molecule has 0 aromatic carbocycles. The fraction of sp³-hybridized carbons (Fsp3) is 0.462. The first-order valence-corrected chi connectivity index (χ1v) is 6.90. The van der Waals surface area contributed by atoms with E-state index in [4.69, 9.17) is 27.9 Å². The van der Waals surface area contributed by atoms with Crippen molar-refractivity contribution in [2.24, 2.45) is 5.92 Å². The van der Waals surface area contributed by atoms with E-state index in [0.717, 1.165) is 6.42 Å². The Morgan fingerprint density at radius 1 is 1.40 bits per heavy atom. The predicted molar refractivity (Wildman–Crippen MR) is 77.0 cm³/mol. The molecule has 1 N–H and O–H groups in total. The number of nitrogens with zero attached hydrogens (tertiary/aromatic N) is 1. The summed E-state index contributed by atoms with van der Waals surface area (Å²) in [6, 6.07) is 1.34. The van der Waals surface area contributed by atoms with Gasteiger partial charge < -0.3 is 10.1 Å². The van der Waals surface area contributed by atoms with Gasteiger partial charge in [0.05, 0.1) is 10.6 Å². The van der Waals surface area contributed by atoms with E-state index in [2.05, 4.69) is 24.1 Å². The number of esters is 1. The van der Waals surface area contributed by atoms with Gasteiger partial charge >= 0.3 is 5.97 Å². The van der Waals surface area contributed by atoms with E-state index in [1.165, 1.54) is 12.3 Å². The quantitative estimate of drug-likeness (QED) is 0.646. The van der Waals surface area contributed by atoms with Crippen molar-refractivity contribution >= 4 is 35.1 Å². The maximum Gasteiger partial charge on any atom is 0.340 e. The number of carbonyl (C=O) groups is 2. The molecule has 20 heavy (non-hydrogen) atoms. The van der Waals surface area contributed by atoms with E-state index >= 15 is 0 Å². The van der Waals surface area contributed by atoms with Crippen molar-refractivity contribution in [3.63, 3.8) is 0 Å². The van der Waals surface area contributed by atoms with Crippen LogP contribution in [0.3, 0.4) is 0 Å². The molecule has 0 saturated heterocycles. The number of aromatic nitrogens is 1. The normalized spacial score (nSPS) is 10.4. The molecule has 110 valence electrons. The van der Waals surface area contributed by atoms with Crippen molar-refractivity contribution in [3.8, 4) is 0 Å². The summed E-state index contributed by atoms with van der Waals surface area (Å²) in [6.45, 7) is 4.34. The van der Waals surface area contributed by atoms with Crippen molar-refractivity contribution in [1.82, 2.24) is 10.3 Å². The van der Waals surface area contributed by atoms with Gasteiger partial charge in [-0.05, 0) is 18.4 Å². The zero-order valence-corrected chi connectivity index (χ0v) is 12.8. The van der Waals surface area contributed by atoms with Crippen LogP contribution in [-0.2, 0) is 9.53 Å². The number of ether oxygens (including phenoxy) is 1. The van der Waals surface area contributed by atoms with Gasteiger partial charge in [-0.25, -0.2) is 9.78 Å². The number of carbonyl (C=O) groups excluding carboxylic acids is 2. The van der Waals surface area contributed by atoms with Gasteiger partial charge in [0.25, 0.3) is 5.91 Å². The number of amides is 1. The Morgan fingerprint density at radius 2 is 2.10 bits per heavy atom. The summed E-state index contributed by atoms with van der Waals surface area (Å²) in [5.74, 6) is -0.512. The van der Waals surface area contributed by atoms with Crippen molar-refractivity contribution in [2.45, 2.75) is 20.3 Å². The molecule has 1 heterocycles. The van der Waals surface area contributed by atoms with Crippen LogP contribution in [0.2, 0.25) is 10.2 Å². The van der Waals surface area contributed by atoms with Gasteiger partial charge in [0.2, 0.25) is 0 Å². The fourth-order valence-corrected chi connectivity index (χ4v) is 1.57. The summed E-state index contributed by atoms with van der Waals surface area (Å²) < 4.78 is 4.85. The third-order valence-corrected chi connectivity index (χ3v) is 3.10. The molecule has 0 aliphatic heterocycles. The van der Waals surface area contributed by atoms with E-state index in [0.29, 0.717) is 12.5 Å². The average molecular weight is 319 g/mol. The van der Waals surface area contributed by atoms with E-state index in [-0.39, 0.29) is 28.3 Å². The molecule has 0 fully saturated rings. The lowest BCUT2D eigenvalue weighted by molar-refractivity contribution is -0.124. The first-order valence-electron chi connectivity index (χ1n) is 6.15. The molecule has 0 radical (unpaired) electrons. The molecule has 0 aliphatic rings. The van der Waals surface area contributed by atoms with Crippen LogP contribution >= 0.6 is 23.2 Å². The second kappa shape index (κ2) is 8.07. The molecular formula is C13H16Cl2N2O3. The monoisotopic (exact) mass is 318 g/mol. The summed E-state index contributed by atoms with van der Waals surface area (Å²) in [6.07, 6.45) is 2.11. The second-order valence-corrected chi connectivity index (χ2v) is 5.37. The molecule has 1 aromatic heterocycles. The Morgan fingerprint density at radius 3 is 2.70 bits per heavy atom. The lowest BCUT2D eigenvalue weighted by atomic mass is 10.1. The minimum Gasteiger partial charge on any atom is -0.452 e. The van der Waals surface area contributed by atoms with E-state index in [1.54, 1.807) is 0 Å². The molecule has 0 aliphatic carbocycles. The molecule has 0 saturated carbocycles. The molecule has 1 amide bonds. The Labute approximate surface area is 127 Å². The number of pyridine rings is 1. The highest BCUT2D eigenvalue weighted by atomic mass is 35.5.